The van der Waals surface area contributed by atoms with Gasteiger partial charge in [-0.3, -0.25) is 38.4 Å². The first-order valence-corrected chi connectivity index (χ1v) is 52.6. The molecule has 0 aliphatic carbocycles. The van der Waals surface area contributed by atoms with Crippen molar-refractivity contribution < 1.29 is 185 Å². The summed E-state index contributed by atoms with van der Waals surface area (Å²) in [6.45, 7) is 46.2. The molecule has 10 aliphatic heterocycles. The minimum absolute atomic E-state index is 0.0247. The Morgan fingerprint density at radius 2 is 0.342 bits per heavy atom. The number of esters is 10. The van der Waals surface area contributed by atoms with E-state index in [1.54, 1.807) is 49.8 Å². The third-order valence-corrected chi connectivity index (χ3v) is 25.5. The summed E-state index contributed by atoms with van der Waals surface area (Å²) in [7, 11) is 14.4. The molecule has 39 nitrogen and oxygen atoms in total. The molecular formula is C107H194O39. The summed E-state index contributed by atoms with van der Waals surface area (Å²) in [5, 5.41) is 0. The topological polar surface area (TPSA) is 438 Å². The summed E-state index contributed by atoms with van der Waals surface area (Å²) in [5.74, 6) is -1.60. The van der Waals surface area contributed by atoms with E-state index in [0.29, 0.717) is 256 Å². The van der Waals surface area contributed by atoms with Gasteiger partial charge in [-0.15, -0.1) is 0 Å². The average molecular weight is 2100 g/mol. The van der Waals surface area contributed by atoms with Crippen molar-refractivity contribution in [2.75, 3.05) is 322 Å². The SMILES string of the molecule is CCC1(COC(=O)CCCOC)COC1.CCC1(COC(=O)CCOC)COC1.CCC1(COC(=O)COC)COC1.CCCCCCCC(=O)OCC1(CC)COC1.COCC(=O)OCC1(C)COC1.COCCC(=O)OCC1(C)COC1.COCCCC(=O)OCC1(C)COC1.COCCCCC(=O)OCC1(C)COC1.COCCCCCC(=O)OCC1(C)COC1.COCCCCCCC(=O)OCC1(C)COC1. The number of methoxy groups -OCH3 is 9. The first-order valence-electron chi connectivity index (χ1n) is 52.6. The maximum absolute atomic E-state index is 11.5. The van der Waals surface area contributed by atoms with Crippen LogP contribution in [0.5, 0.6) is 0 Å². The van der Waals surface area contributed by atoms with Crippen LogP contribution in [0.1, 0.15) is 256 Å². The van der Waals surface area contributed by atoms with Gasteiger partial charge in [-0.25, -0.2) is 9.59 Å². The van der Waals surface area contributed by atoms with E-state index >= 15 is 0 Å². The average Bonchev–Trinajstić information content (AvgIpc) is 0.824. The second-order valence-electron chi connectivity index (χ2n) is 41.9. The number of carbonyl (C=O) groups is 10. The molecule has 0 amide bonds. The van der Waals surface area contributed by atoms with Crippen molar-refractivity contribution in [3.8, 4) is 0 Å². The van der Waals surface area contributed by atoms with Crippen molar-refractivity contribution in [3.05, 3.63) is 0 Å². The number of hydrogen-bond acceptors (Lipinski definition) is 39. The van der Waals surface area contributed by atoms with E-state index in [0.717, 1.165) is 149 Å². The van der Waals surface area contributed by atoms with Gasteiger partial charge in [-0.1, -0.05) is 121 Å². The summed E-state index contributed by atoms with van der Waals surface area (Å²) in [4.78, 5) is 112. The zero-order chi connectivity index (χ0) is 109. The van der Waals surface area contributed by atoms with Crippen LogP contribution in [0.15, 0.2) is 0 Å². The molecule has 0 aromatic carbocycles. The van der Waals surface area contributed by atoms with Gasteiger partial charge >= 0.3 is 59.7 Å². The highest BCUT2D eigenvalue weighted by Crippen LogP contribution is 2.37. The quantitative estimate of drug-likeness (QED) is 0.0310. The third kappa shape index (κ3) is 66.0. The summed E-state index contributed by atoms with van der Waals surface area (Å²) in [5.41, 5.74) is 0.687. The number of rotatable bonds is 66. The zero-order valence-electron chi connectivity index (χ0n) is 93.3. The Morgan fingerprint density at radius 1 is 0.178 bits per heavy atom. The molecule has 10 fully saturated rings. The maximum atomic E-state index is 11.5. The third-order valence-electron chi connectivity index (χ3n) is 25.5. The normalized spacial score (nSPS) is 18.4. The fourth-order valence-electron chi connectivity index (χ4n) is 13.7. The largest absolute Gasteiger partial charge is 0.465 e. The Morgan fingerprint density at radius 3 is 0.534 bits per heavy atom. The van der Waals surface area contributed by atoms with Gasteiger partial charge in [0.2, 0.25) is 0 Å². The van der Waals surface area contributed by atoms with E-state index < -0.39 is 0 Å². The Kier molecular flexibility index (Phi) is 77.1. The lowest BCUT2D eigenvalue weighted by atomic mass is 9.84. The van der Waals surface area contributed by atoms with E-state index in [-0.39, 0.29) is 127 Å². The molecule has 856 valence electrons. The molecule has 0 spiro atoms. The highest BCUT2D eigenvalue weighted by Gasteiger charge is 2.44. The number of ether oxygens (including phenoxy) is 29. The monoisotopic (exact) mass is 2100 g/mol. The molecule has 10 rings (SSSR count). The highest BCUT2D eigenvalue weighted by molar-refractivity contribution is 5.73. The van der Waals surface area contributed by atoms with Gasteiger partial charge in [0.05, 0.1) is 180 Å². The number of hydrogen-bond donors (Lipinski definition) is 0. The molecule has 10 saturated heterocycles. The van der Waals surface area contributed by atoms with Crippen molar-refractivity contribution >= 4 is 59.7 Å². The molecular weight excluding hydrogens is 1910 g/mol. The molecule has 0 bridgehead atoms. The zero-order valence-corrected chi connectivity index (χ0v) is 93.3. The fourth-order valence-corrected chi connectivity index (χ4v) is 13.7. The first-order chi connectivity index (χ1) is 69.9. The van der Waals surface area contributed by atoms with Crippen molar-refractivity contribution in [2.45, 2.75) is 256 Å². The lowest BCUT2D eigenvalue weighted by Gasteiger charge is -2.39. The fraction of sp³-hybridized carbons (Fsp3) is 0.907. The lowest BCUT2D eigenvalue weighted by Crippen LogP contribution is -2.46. The molecule has 146 heavy (non-hydrogen) atoms. The van der Waals surface area contributed by atoms with Crippen LogP contribution in [0.2, 0.25) is 0 Å². The van der Waals surface area contributed by atoms with Crippen molar-refractivity contribution in [1.82, 2.24) is 0 Å². The summed E-state index contributed by atoms with van der Waals surface area (Å²) >= 11 is 0. The van der Waals surface area contributed by atoms with Crippen molar-refractivity contribution in [3.63, 3.8) is 0 Å². The smallest absolute Gasteiger partial charge is 0.332 e. The summed E-state index contributed by atoms with van der Waals surface area (Å²) < 4.78 is 146. The van der Waals surface area contributed by atoms with E-state index in [1.807, 2.05) is 13.8 Å². The highest BCUT2D eigenvalue weighted by atomic mass is 16.6. The van der Waals surface area contributed by atoms with Crippen LogP contribution in [-0.2, 0) is 185 Å². The summed E-state index contributed by atoms with van der Waals surface area (Å²) in [6, 6.07) is 0. The number of carbonyl (C=O) groups excluding carboxylic acids is 10. The number of unbranched alkanes of at least 4 members (excludes halogenated alkanes) is 10. The van der Waals surface area contributed by atoms with Crippen molar-refractivity contribution in [2.24, 2.45) is 54.1 Å². The van der Waals surface area contributed by atoms with E-state index in [4.69, 9.17) is 128 Å². The standard InChI is InChI=1S/C14H26O3.C13H24O4.C12H22O4.2C11H20O4.2C10H18O4.2C9H16O4.C8H14O4/c1-3-5-6-7-8-9-13(15)17-12-14(4-2)10-16-11-14;1-13(9-16-10-13)11-17-12(14)7-5-3-4-6-8-15-2;1-12(8-15-9-12)10-16-11(13)6-4-3-5-7-14-2;1-11(7-14-8-11)9-15-10(12)5-3-4-6-13-2;1-3-11(7-14-8-11)9-15-10(12)5-4-6-13-2;1-10(6-13-7-10)8-14-9(11)4-3-5-12-2;1-3-10(6-13-7-10)8-14-9(11)4-5-12-2;1-9(5-12-6-9)7-13-8(10)3-4-11-2;1-3-9(5-12-6-9)7-13-8(10)4-11-2;1-8(4-11-5-8)6-12-7(9)3-10-2/h3-12H2,1-2H3;3-11H2,1-2H3;3-10H2,1-2H3;2*3-9H2,1-2H3;2*3-8H2,1-2H3;2*3-7H2,1-2H3;3-6H2,1-2H3. The van der Waals surface area contributed by atoms with Crippen LogP contribution in [0.25, 0.3) is 0 Å². The van der Waals surface area contributed by atoms with Crippen LogP contribution in [0.3, 0.4) is 0 Å². The molecule has 0 aromatic rings. The molecule has 0 aromatic heterocycles. The minimum Gasteiger partial charge on any atom is -0.465 e. The second kappa shape index (κ2) is 81.6. The predicted octanol–water partition coefficient (Wildman–Crippen LogP) is 13.4. The van der Waals surface area contributed by atoms with Gasteiger partial charge in [-0.05, 0) is 83.5 Å². The van der Waals surface area contributed by atoms with Crippen LogP contribution < -0.4 is 0 Å². The van der Waals surface area contributed by atoms with Crippen LogP contribution in [-0.4, -0.2) is 381 Å². The van der Waals surface area contributed by atoms with Gasteiger partial charge in [0.1, 0.15) is 79.3 Å². The molecule has 10 heterocycles. The lowest BCUT2D eigenvalue weighted by molar-refractivity contribution is -0.173. The molecule has 0 N–H and O–H groups in total. The maximum Gasteiger partial charge on any atom is 0.332 e. The molecule has 0 unspecified atom stereocenters. The molecule has 0 saturated carbocycles. The van der Waals surface area contributed by atoms with Gasteiger partial charge in [-0.2, -0.15) is 0 Å². The Balaban J connectivity index is 0.000000812. The van der Waals surface area contributed by atoms with Gasteiger partial charge in [0.25, 0.3) is 0 Å². The van der Waals surface area contributed by atoms with E-state index in [9.17, 15) is 47.9 Å². The van der Waals surface area contributed by atoms with Gasteiger partial charge in [0, 0.05) is 168 Å². The molecule has 10 aliphatic rings. The van der Waals surface area contributed by atoms with Crippen LogP contribution in [0.4, 0.5) is 0 Å². The Labute approximate surface area is 872 Å². The first kappa shape index (κ1) is 138. The Hall–Kier alpha value is -6.06. The van der Waals surface area contributed by atoms with E-state index in [1.165, 1.54) is 33.5 Å². The van der Waals surface area contributed by atoms with Crippen LogP contribution in [0, 0.1) is 54.1 Å². The van der Waals surface area contributed by atoms with Gasteiger partial charge in [0.15, 0.2) is 0 Å². The predicted molar refractivity (Wildman–Crippen MR) is 541 cm³/mol. The molecule has 0 atom stereocenters. The Bertz CT molecular complexity index is 3350. The summed E-state index contributed by atoms with van der Waals surface area (Å²) in [6.07, 6.45) is 23.8. The van der Waals surface area contributed by atoms with Crippen LogP contribution >= 0.6 is 0 Å². The molecule has 0 radical (unpaired) electrons. The van der Waals surface area contributed by atoms with Crippen molar-refractivity contribution in [1.29, 1.82) is 0 Å². The molecule has 39 heteroatoms. The minimum atomic E-state index is -0.314. The second-order valence-corrected chi connectivity index (χ2v) is 41.9. The van der Waals surface area contributed by atoms with Gasteiger partial charge < -0.3 is 137 Å². The van der Waals surface area contributed by atoms with E-state index in [2.05, 4.69) is 71.8 Å².